The van der Waals surface area contributed by atoms with Gasteiger partial charge < -0.3 is 14.5 Å². The second kappa shape index (κ2) is 7.61. The lowest BCUT2D eigenvalue weighted by Gasteiger charge is -2.10. The molecular weight excluding hydrogens is 318 g/mol. The van der Waals surface area contributed by atoms with E-state index in [0.717, 1.165) is 23.3 Å². The van der Waals surface area contributed by atoms with E-state index in [0.29, 0.717) is 18.2 Å². The van der Waals surface area contributed by atoms with Crippen LogP contribution in [0.15, 0.2) is 53.3 Å². The number of nitrogens with one attached hydrogen (secondary N) is 1. The summed E-state index contributed by atoms with van der Waals surface area (Å²) in [7, 11) is 0. The van der Waals surface area contributed by atoms with Gasteiger partial charge >= 0.3 is 0 Å². The molecule has 0 aromatic carbocycles. The second-order valence-corrected chi connectivity index (χ2v) is 5.52. The summed E-state index contributed by atoms with van der Waals surface area (Å²) in [6, 6.07) is 8.99. The van der Waals surface area contributed by atoms with Crippen LogP contribution in [0.5, 0.6) is 5.75 Å². The number of rotatable bonds is 6. The monoisotopic (exact) mass is 337 g/mol. The molecule has 0 aliphatic carbocycles. The third kappa shape index (κ3) is 4.03. The molecule has 0 saturated heterocycles. The number of pyridine rings is 2. The van der Waals surface area contributed by atoms with E-state index in [1.54, 1.807) is 36.8 Å². The average Bonchev–Trinajstić information content (AvgIpc) is 3.03. The number of amides is 1. The SMILES string of the molecule is CCc1oc(C(=O)Nc2ncccc2OCc2cccnc2)cc1C. The summed E-state index contributed by atoms with van der Waals surface area (Å²) in [4.78, 5) is 20.7. The summed E-state index contributed by atoms with van der Waals surface area (Å²) in [5.74, 6) is 1.55. The summed E-state index contributed by atoms with van der Waals surface area (Å²) >= 11 is 0. The highest BCUT2D eigenvalue weighted by molar-refractivity contribution is 6.02. The van der Waals surface area contributed by atoms with Gasteiger partial charge in [-0.15, -0.1) is 0 Å². The molecule has 0 fully saturated rings. The summed E-state index contributed by atoms with van der Waals surface area (Å²) in [6.07, 6.45) is 5.77. The van der Waals surface area contributed by atoms with Crippen LogP contribution in [0, 0.1) is 6.92 Å². The molecule has 128 valence electrons. The molecule has 0 unspecified atom stereocenters. The van der Waals surface area contributed by atoms with Gasteiger partial charge in [0.25, 0.3) is 5.91 Å². The number of carbonyl (C=O) groups is 1. The standard InChI is InChI=1S/C19H19N3O3/c1-3-15-13(2)10-17(25-15)19(23)22-18-16(7-5-9-21-18)24-12-14-6-4-8-20-11-14/h4-11H,3,12H2,1-2H3,(H,21,22,23). The summed E-state index contributed by atoms with van der Waals surface area (Å²) < 4.78 is 11.3. The summed E-state index contributed by atoms with van der Waals surface area (Å²) in [6.45, 7) is 4.24. The van der Waals surface area contributed by atoms with Crippen molar-refractivity contribution in [3.8, 4) is 5.75 Å². The van der Waals surface area contributed by atoms with Gasteiger partial charge in [0, 0.05) is 30.6 Å². The minimum atomic E-state index is -0.354. The Kier molecular flexibility index (Phi) is 5.09. The third-order valence-corrected chi connectivity index (χ3v) is 3.69. The molecule has 1 N–H and O–H groups in total. The number of nitrogens with zero attached hydrogens (tertiary/aromatic N) is 2. The quantitative estimate of drug-likeness (QED) is 0.741. The van der Waals surface area contributed by atoms with Crippen molar-refractivity contribution in [3.63, 3.8) is 0 Å². The lowest BCUT2D eigenvalue weighted by molar-refractivity contribution is 0.0994. The van der Waals surface area contributed by atoms with Crippen LogP contribution in [0.2, 0.25) is 0 Å². The van der Waals surface area contributed by atoms with Gasteiger partial charge in [-0.2, -0.15) is 0 Å². The first-order valence-corrected chi connectivity index (χ1v) is 8.04. The van der Waals surface area contributed by atoms with Gasteiger partial charge in [0.1, 0.15) is 12.4 Å². The van der Waals surface area contributed by atoms with E-state index < -0.39 is 0 Å². The molecule has 25 heavy (non-hydrogen) atoms. The number of aryl methyl sites for hydroxylation is 2. The van der Waals surface area contributed by atoms with E-state index in [-0.39, 0.29) is 11.7 Å². The largest absolute Gasteiger partial charge is 0.485 e. The smallest absolute Gasteiger partial charge is 0.292 e. The van der Waals surface area contributed by atoms with Crippen LogP contribution in [0.3, 0.4) is 0 Å². The Morgan fingerprint density at radius 1 is 1.28 bits per heavy atom. The highest BCUT2D eigenvalue weighted by Gasteiger charge is 2.16. The van der Waals surface area contributed by atoms with Crippen LogP contribution in [0.25, 0.3) is 0 Å². The first kappa shape index (κ1) is 16.7. The zero-order valence-corrected chi connectivity index (χ0v) is 14.2. The highest BCUT2D eigenvalue weighted by Crippen LogP contribution is 2.23. The van der Waals surface area contributed by atoms with Crippen molar-refractivity contribution in [1.82, 2.24) is 9.97 Å². The van der Waals surface area contributed by atoms with Gasteiger partial charge in [-0.25, -0.2) is 4.98 Å². The lowest BCUT2D eigenvalue weighted by Crippen LogP contribution is -2.13. The Labute approximate surface area is 145 Å². The second-order valence-electron chi connectivity index (χ2n) is 5.52. The minimum Gasteiger partial charge on any atom is -0.485 e. The van der Waals surface area contributed by atoms with Crippen LogP contribution in [0.4, 0.5) is 5.82 Å². The maximum Gasteiger partial charge on any atom is 0.292 e. The molecule has 6 nitrogen and oxygen atoms in total. The van der Waals surface area contributed by atoms with Gasteiger partial charge in [0.15, 0.2) is 17.3 Å². The number of furan rings is 1. The number of carbonyl (C=O) groups excluding carboxylic acids is 1. The molecule has 6 heteroatoms. The van der Waals surface area contributed by atoms with Crippen LogP contribution in [-0.2, 0) is 13.0 Å². The molecule has 0 atom stereocenters. The van der Waals surface area contributed by atoms with Gasteiger partial charge in [-0.1, -0.05) is 13.0 Å². The molecular formula is C19H19N3O3. The molecule has 3 aromatic heterocycles. The fraction of sp³-hybridized carbons (Fsp3) is 0.211. The fourth-order valence-corrected chi connectivity index (χ4v) is 2.40. The van der Waals surface area contributed by atoms with Crippen molar-refractivity contribution in [2.75, 3.05) is 5.32 Å². The summed E-state index contributed by atoms with van der Waals surface area (Å²) in [5.41, 5.74) is 1.89. The molecule has 3 aromatic rings. The fourth-order valence-electron chi connectivity index (χ4n) is 2.40. The Bertz CT molecular complexity index is 859. The van der Waals surface area contributed by atoms with Gasteiger partial charge in [0.05, 0.1) is 0 Å². The molecule has 1 amide bonds. The first-order valence-electron chi connectivity index (χ1n) is 8.04. The topological polar surface area (TPSA) is 77.2 Å². The molecule has 3 heterocycles. The van der Waals surface area contributed by atoms with Gasteiger partial charge in [-0.05, 0) is 36.8 Å². The van der Waals surface area contributed by atoms with E-state index in [9.17, 15) is 4.79 Å². The van der Waals surface area contributed by atoms with Crippen LogP contribution in [-0.4, -0.2) is 15.9 Å². The van der Waals surface area contributed by atoms with Crippen molar-refractivity contribution in [1.29, 1.82) is 0 Å². The molecule has 0 spiro atoms. The van der Waals surface area contributed by atoms with Gasteiger partial charge in [0.2, 0.25) is 0 Å². The zero-order valence-electron chi connectivity index (χ0n) is 14.2. The Morgan fingerprint density at radius 2 is 2.12 bits per heavy atom. The van der Waals surface area contributed by atoms with Crippen molar-refractivity contribution < 1.29 is 13.9 Å². The summed E-state index contributed by atoms with van der Waals surface area (Å²) in [5, 5.41) is 2.74. The average molecular weight is 337 g/mol. The van der Waals surface area contributed by atoms with Crippen molar-refractivity contribution in [3.05, 3.63) is 71.6 Å². The van der Waals surface area contributed by atoms with Crippen LogP contribution >= 0.6 is 0 Å². The van der Waals surface area contributed by atoms with E-state index in [1.165, 1.54) is 0 Å². The third-order valence-electron chi connectivity index (χ3n) is 3.69. The number of ether oxygens (including phenoxy) is 1. The van der Waals surface area contributed by atoms with Crippen molar-refractivity contribution >= 4 is 11.7 Å². The zero-order chi connectivity index (χ0) is 17.6. The maximum absolute atomic E-state index is 12.4. The minimum absolute atomic E-state index is 0.262. The number of anilines is 1. The van der Waals surface area contributed by atoms with Crippen molar-refractivity contribution in [2.24, 2.45) is 0 Å². The molecule has 0 bridgehead atoms. The number of aromatic nitrogens is 2. The molecule has 0 radical (unpaired) electrons. The van der Waals surface area contributed by atoms with E-state index in [1.807, 2.05) is 26.0 Å². The Morgan fingerprint density at radius 3 is 2.84 bits per heavy atom. The van der Waals surface area contributed by atoms with E-state index in [2.05, 4.69) is 15.3 Å². The predicted molar refractivity (Wildman–Crippen MR) is 93.6 cm³/mol. The van der Waals surface area contributed by atoms with Crippen molar-refractivity contribution in [2.45, 2.75) is 26.9 Å². The lowest BCUT2D eigenvalue weighted by atomic mass is 10.2. The Hall–Kier alpha value is -3.15. The van der Waals surface area contributed by atoms with Crippen LogP contribution < -0.4 is 10.1 Å². The molecule has 0 aliphatic rings. The van der Waals surface area contributed by atoms with Gasteiger partial charge in [-0.3, -0.25) is 9.78 Å². The molecule has 0 aliphatic heterocycles. The first-order chi connectivity index (χ1) is 12.2. The molecule has 0 saturated carbocycles. The number of hydrogen-bond acceptors (Lipinski definition) is 5. The predicted octanol–water partition coefficient (Wildman–Crippen LogP) is 3.77. The van der Waals surface area contributed by atoms with Crippen LogP contribution in [0.1, 0.15) is 34.4 Å². The highest BCUT2D eigenvalue weighted by atomic mass is 16.5. The van der Waals surface area contributed by atoms with E-state index >= 15 is 0 Å². The Balaban J connectivity index is 1.72. The number of hydrogen-bond donors (Lipinski definition) is 1. The molecule has 3 rings (SSSR count). The normalized spacial score (nSPS) is 10.5. The van der Waals surface area contributed by atoms with E-state index in [4.69, 9.17) is 9.15 Å². The maximum atomic E-state index is 12.4.